The maximum absolute atomic E-state index is 13.9. The zero-order valence-corrected chi connectivity index (χ0v) is 16.3. The van der Waals surface area contributed by atoms with Gasteiger partial charge in [-0.05, 0) is 41.8 Å². The predicted molar refractivity (Wildman–Crippen MR) is 103 cm³/mol. The van der Waals surface area contributed by atoms with E-state index in [1.165, 1.54) is 4.90 Å². The molecule has 8 heteroatoms. The molecular formula is C20H15BrF2N2O3. The Morgan fingerprint density at radius 1 is 1.18 bits per heavy atom. The van der Waals surface area contributed by atoms with Crippen molar-refractivity contribution in [2.75, 3.05) is 13.7 Å². The third kappa shape index (κ3) is 3.12. The highest BCUT2D eigenvalue weighted by atomic mass is 79.9. The third-order valence-electron chi connectivity index (χ3n) is 4.92. The van der Waals surface area contributed by atoms with Gasteiger partial charge in [0.15, 0.2) is 11.6 Å². The van der Waals surface area contributed by atoms with Crippen LogP contribution in [0.25, 0.3) is 10.8 Å². The van der Waals surface area contributed by atoms with E-state index in [9.17, 15) is 18.4 Å². The number of pyridine rings is 1. The molecule has 1 atom stereocenters. The Bertz CT molecular complexity index is 1140. The van der Waals surface area contributed by atoms with Crippen LogP contribution in [0.2, 0.25) is 0 Å². The minimum Gasteiger partial charge on any atom is -0.373 e. The highest BCUT2D eigenvalue weighted by Gasteiger charge is 2.31. The van der Waals surface area contributed by atoms with Crippen molar-refractivity contribution in [2.45, 2.75) is 12.6 Å². The van der Waals surface area contributed by atoms with Crippen LogP contribution < -0.4 is 5.56 Å². The molecule has 0 saturated carbocycles. The molecule has 1 aliphatic heterocycles. The van der Waals surface area contributed by atoms with Crippen molar-refractivity contribution in [3.63, 3.8) is 0 Å². The fraction of sp³-hybridized carbons (Fsp3) is 0.200. The topological polar surface area (TPSA) is 62.4 Å². The van der Waals surface area contributed by atoms with E-state index in [0.29, 0.717) is 16.8 Å². The molecule has 0 aliphatic carbocycles. The number of carbonyl (C=O) groups is 1. The summed E-state index contributed by atoms with van der Waals surface area (Å²) in [7, 11) is 1.62. The Labute approximate surface area is 167 Å². The molecule has 0 radical (unpaired) electrons. The maximum atomic E-state index is 13.9. The van der Waals surface area contributed by atoms with Crippen LogP contribution in [-0.4, -0.2) is 29.4 Å². The summed E-state index contributed by atoms with van der Waals surface area (Å²) in [6.45, 7) is 0.294. The molecule has 4 rings (SSSR count). The smallest absolute Gasteiger partial charge is 0.256 e. The average Bonchev–Trinajstić information content (AvgIpc) is 2.68. The number of benzene rings is 2. The Balaban J connectivity index is 1.84. The lowest BCUT2D eigenvalue weighted by atomic mass is 9.95. The number of aromatic amines is 1. The van der Waals surface area contributed by atoms with Gasteiger partial charge in [-0.15, -0.1) is 0 Å². The molecule has 2 aromatic carbocycles. The molecule has 2 heterocycles. The Morgan fingerprint density at radius 3 is 2.50 bits per heavy atom. The van der Waals surface area contributed by atoms with Crippen molar-refractivity contribution >= 4 is 32.6 Å². The highest BCUT2D eigenvalue weighted by molar-refractivity contribution is 9.10. The summed E-state index contributed by atoms with van der Waals surface area (Å²) < 4.78 is 34.0. The van der Waals surface area contributed by atoms with Crippen molar-refractivity contribution < 1.29 is 18.3 Å². The summed E-state index contributed by atoms with van der Waals surface area (Å²) in [4.78, 5) is 29.4. The number of halogens is 3. The van der Waals surface area contributed by atoms with Gasteiger partial charge in [-0.25, -0.2) is 8.78 Å². The van der Waals surface area contributed by atoms with Crippen LogP contribution in [0.1, 0.15) is 27.7 Å². The van der Waals surface area contributed by atoms with Crippen LogP contribution in [0.15, 0.2) is 45.7 Å². The number of ether oxygens (including phenoxy) is 1. The fourth-order valence-electron chi connectivity index (χ4n) is 3.49. The molecule has 0 spiro atoms. The number of nitrogens with zero attached hydrogens (tertiary/aromatic N) is 1. The molecule has 0 bridgehead atoms. The molecule has 3 aromatic rings. The van der Waals surface area contributed by atoms with E-state index in [4.69, 9.17) is 4.74 Å². The lowest BCUT2D eigenvalue weighted by Gasteiger charge is -2.34. The number of hydrogen-bond donors (Lipinski definition) is 1. The molecule has 0 saturated heterocycles. The molecule has 1 aliphatic rings. The molecule has 28 heavy (non-hydrogen) atoms. The number of hydrogen-bond acceptors (Lipinski definition) is 3. The number of H-pyrrole nitrogens is 1. The van der Waals surface area contributed by atoms with Gasteiger partial charge in [-0.1, -0.05) is 15.9 Å². The van der Waals surface area contributed by atoms with Crippen molar-refractivity contribution in [3.8, 4) is 0 Å². The van der Waals surface area contributed by atoms with E-state index in [-0.39, 0.29) is 29.9 Å². The first kappa shape index (κ1) is 18.8. The van der Waals surface area contributed by atoms with Crippen LogP contribution >= 0.6 is 15.9 Å². The van der Waals surface area contributed by atoms with Crippen molar-refractivity contribution in [3.05, 3.63) is 79.7 Å². The van der Waals surface area contributed by atoms with Crippen LogP contribution in [-0.2, 0) is 11.3 Å². The van der Waals surface area contributed by atoms with Gasteiger partial charge in [-0.3, -0.25) is 9.59 Å². The van der Waals surface area contributed by atoms with E-state index < -0.39 is 23.2 Å². The second kappa shape index (κ2) is 7.10. The van der Waals surface area contributed by atoms with Gasteiger partial charge in [0.05, 0.1) is 24.6 Å². The van der Waals surface area contributed by atoms with Gasteiger partial charge in [-0.2, -0.15) is 0 Å². The fourth-order valence-corrected chi connectivity index (χ4v) is 3.75. The van der Waals surface area contributed by atoms with Crippen LogP contribution in [0, 0.1) is 11.6 Å². The van der Waals surface area contributed by atoms with E-state index >= 15 is 0 Å². The molecule has 1 unspecified atom stereocenters. The second-order valence-electron chi connectivity index (χ2n) is 6.61. The van der Waals surface area contributed by atoms with Gasteiger partial charge in [0.2, 0.25) is 0 Å². The molecule has 1 amide bonds. The Morgan fingerprint density at radius 2 is 1.82 bits per heavy atom. The first-order chi connectivity index (χ1) is 13.4. The highest BCUT2D eigenvalue weighted by Crippen LogP contribution is 2.34. The molecule has 0 fully saturated rings. The maximum Gasteiger partial charge on any atom is 0.256 e. The average molecular weight is 449 g/mol. The second-order valence-corrected chi connectivity index (χ2v) is 7.53. The zero-order chi connectivity index (χ0) is 20.0. The Kier molecular flexibility index (Phi) is 4.76. The summed E-state index contributed by atoms with van der Waals surface area (Å²) in [6, 6.07) is 8.22. The summed E-state index contributed by atoms with van der Waals surface area (Å²) >= 11 is 3.33. The summed E-state index contributed by atoms with van der Waals surface area (Å²) in [5.74, 6) is -2.40. The SMILES string of the molecule is CN(C(=O)c1ccc(Br)cc1)C1COCc2[nH]c(=O)c3cc(F)c(F)cc3c21. The summed E-state index contributed by atoms with van der Waals surface area (Å²) in [6.07, 6.45) is 0. The largest absolute Gasteiger partial charge is 0.373 e. The molecule has 5 nitrogen and oxygen atoms in total. The molecular weight excluding hydrogens is 434 g/mol. The van der Waals surface area contributed by atoms with Crippen molar-refractivity contribution in [2.24, 2.45) is 0 Å². The van der Waals surface area contributed by atoms with Gasteiger partial charge in [0.25, 0.3) is 11.5 Å². The van der Waals surface area contributed by atoms with Gasteiger partial charge in [0, 0.05) is 28.3 Å². The number of fused-ring (bicyclic) bond motifs is 3. The molecule has 144 valence electrons. The van der Waals surface area contributed by atoms with E-state index in [0.717, 1.165) is 16.6 Å². The molecule has 1 aromatic heterocycles. The monoisotopic (exact) mass is 448 g/mol. The summed E-state index contributed by atoms with van der Waals surface area (Å²) in [5, 5.41) is 0.315. The minimum atomic E-state index is -1.10. The van der Waals surface area contributed by atoms with E-state index in [2.05, 4.69) is 20.9 Å². The zero-order valence-electron chi connectivity index (χ0n) is 14.8. The third-order valence-corrected chi connectivity index (χ3v) is 5.45. The van der Waals surface area contributed by atoms with Gasteiger partial charge < -0.3 is 14.6 Å². The normalized spacial score (nSPS) is 16.1. The van der Waals surface area contributed by atoms with Crippen LogP contribution in [0.3, 0.4) is 0 Å². The molecule has 1 N–H and O–H groups in total. The number of nitrogens with one attached hydrogen (secondary N) is 1. The lowest BCUT2D eigenvalue weighted by Crippen LogP contribution is -2.37. The number of amides is 1. The number of carbonyl (C=O) groups excluding carboxylic acids is 1. The Hall–Kier alpha value is -2.58. The number of aromatic nitrogens is 1. The van der Waals surface area contributed by atoms with Crippen LogP contribution in [0.5, 0.6) is 0 Å². The predicted octanol–water partition coefficient (Wildman–Crippen LogP) is 3.91. The van der Waals surface area contributed by atoms with E-state index in [1.807, 2.05) is 0 Å². The van der Waals surface area contributed by atoms with Crippen molar-refractivity contribution in [1.29, 1.82) is 0 Å². The first-order valence-electron chi connectivity index (χ1n) is 8.51. The minimum absolute atomic E-state index is 0.0361. The summed E-state index contributed by atoms with van der Waals surface area (Å²) in [5.41, 5.74) is 0.963. The number of rotatable bonds is 2. The van der Waals surface area contributed by atoms with E-state index in [1.54, 1.807) is 31.3 Å². The quantitative estimate of drug-likeness (QED) is 0.646. The first-order valence-corrected chi connectivity index (χ1v) is 9.30. The van der Waals surface area contributed by atoms with Gasteiger partial charge >= 0.3 is 0 Å². The number of likely N-dealkylation sites (N-methyl/N-ethyl adjacent to an activating group) is 1. The van der Waals surface area contributed by atoms with Crippen LogP contribution in [0.4, 0.5) is 8.78 Å². The standard InChI is InChI=1S/C20H15BrF2N2O3/c1-25(20(27)10-2-4-11(21)5-3-10)17-9-28-8-16-18(17)12-6-14(22)15(23)7-13(12)19(26)24-16/h2-7,17H,8-9H2,1H3,(H,24,26). The van der Waals surface area contributed by atoms with Crippen molar-refractivity contribution in [1.82, 2.24) is 9.88 Å². The lowest BCUT2D eigenvalue weighted by molar-refractivity contribution is 0.0335. The van der Waals surface area contributed by atoms with Gasteiger partial charge in [0.1, 0.15) is 0 Å².